The number of aryl methyl sites for hydroxylation is 2. The number of hydrogen-bond donors (Lipinski definition) is 2. The number of fused-ring (bicyclic) bond motifs is 3. The SMILES string of the molecule is C=CCOCC(O)CN(Cc1nc2sc3c(c2c(=O)[nH]1)CCC3)CC(C)C. The van der Waals surface area contributed by atoms with Gasteiger partial charge in [-0.05, 0) is 30.7 Å². The van der Waals surface area contributed by atoms with Crippen LogP contribution in [0.4, 0.5) is 0 Å². The highest BCUT2D eigenvalue weighted by atomic mass is 32.1. The van der Waals surface area contributed by atoms with Crippen LogP contribution in [-0.4, -0.2) is 52.4 Å². The van der Waals surface area contributed by atoms with Gasteiger partial charge in [-0.3, -0.25) is 9.69 Å². The highest BCUT2D eigenvalue weighted by Gasteiger charge is 2.22. The fourth-order valence-corrected chi connectivity index (χ4v) is 4.97. The smallest absolute Gasteiger partial charge is 0.259 e. The lowest BCUT2D eigenvalue weighted by Gasteiger charge is -2.26. The number of aliphatic hydroxyl groups is 1. The molecule has 1 aliphatic rings. The molecule has 0 amide bonds. The molecule has 7 heteroatoms. The molecule has 2 aromatic rings. The number of ether oxygens (including phenoxy) is 1. The fraction of sp³-hybridized carbons (Fsp3) is 0.600. The number of hydrogen-bond acceptors (Lipinski definition) is 6. The van der Waals surface area contributed by atoms with Crippen molar-refractivity contribution in [2.75, 3.05) is 26.3 Å². The maximum absolute atomic E-state index is 12.6. The summed E-state index contributed by atoms with van der Waals surface area (Å²) in [4.78, 5) is 24.6. The van der Waals surface area contributed by atoms with Crippen molar-refractivity contribution in [1.29, 1.82) is 0 Å². The summed E-state index contributed by atoms with van der Waals surface area (Å²) in [6.45, 7) is 10.4. The van der Waals surface area contributed by atoms with Crippen molar-refractivity contribution in [1.82, 2.24) is 14.9 Å². The lowest BCUT2D eigenvalue weighted by atomic mass is 10.2. The Hall–Kier alpha value is -1.54. The molecule has 0 fully saturated rings. The number of aliphatic hydroxyl groups excluding tert-OH is 1. The highest BCUT2D eigenvalue weighted by molar-refractivity contribution is 7.18. The molecule has 0 radical (unpaired) electrons. The Morgan fingerprint density at radius 2 is 2.22 bits per heavy atom. The average molecular weight is 392 g/mol. The molecule has 0 aliphatic heterocycles. The first-order valence-corrected chi connectivity index (χ1v) is 10.4. The van der Waals surface area contributed by atoms with Crippen molar-refractivity contribution >= 4 is 21.6 Å². The minimum absolute atomic E-state index is 0.0336. The molecule has 0 saturated heterocycles. The second kappa shape index (κ2) is 9.10. The summed E-state index contributed by atoms with van der Waals surface area (Å²) in [5.74, 6) is 1.10. The van der Waals surface area contributed by atoms with Gasteiger partial charge in [0.2, 0.25) is 0 Å². The van der Waals surface area contributed by atoms with E-state index in [-0.39, 0.29) is 12.2 Å². The lowest BCUT2D eigenvalue weighted by Crippen LogP contribution is -2.37. The molecule has 27 heavy (non-hydrogen) atoms. The van der Waals surface area contributed by atoms with Crippen LogP contribution in [0.2, 0.25) is 0 Å². The fourth-order valence-electron chi connectivity index (χ4n) is 3.69. The van der Waals surface area contributed by atoms with Gasteiger partial charge in [-0.2, -0.15) is 0 Å². The van der Waals surface area contributed by atoms with Gasteiger partial charge in [0.05, 0.1) is 31.2 Å². The first-order chi connectivity index (χ1) is 13.0. The quantitative estimate of drug-likeness (QED) is 0.481. The monoisotopic (exact) mass is 391 g/mol. The lowest BCUT2D eigenvalue weighted by molar-refractivity contribution is 0.0218. The predicted molar refractivity (Wildman–Crippen MR) is 109 cm³/mol. The molecule has 1 unspecified atom stereocenters. The summed E-state index contributed by atoms with van der Waals surface area (Å²) < 4.78 is 5.35. The Bertz CT molecular complexity index is 843. The number of aromatic nitrogens is 2. The van der Waals surface area contributed by atoms with Crippen molar-refractivity contribution in [3.8, 4) is 0 Å². The topological polar surface area (TPSA) is 78.5 Å². The molecule has 0 saturated carbocycles. The van der Waals surface area contributed by atoms with E-state index in [9.17, 15) is 9.90 Å². The zero-order chi connectivity index (χ0) is 19.4. The molecule has 1 atom stereocenters. The van der Waals surface area contributed by atoms with Crippen LogP contribution in [0.3, 0.4) is 0 Å². The van der Waals surface area contributed by atoms with Crippen LogP contribution >= 0.6 is 11.3 Å². The molecule has 0 spiro atoms. The summed E-state index contributed by atoms with van der Waals surface area (Å²) in [6.07, 6.45) is 4.24. The zero-order valence-electron chi connectivity index (χ0n) is 16.2. The van der Waals surface area contributed by atoms with Crippen LogP contribution in [-0.2, 0) is 24.1 Å². The van der Waals surface area contributed by atoms with E-state index in [1.54, 1.807) is 17.4 Å². The van der Waals surface area contributed by atoms with E-state index in [1.807, 2.05) is 0 Å². The van der Waals surface area contributed by atoms with Crippen molar-refractivity contribution in [2.45, 2.75) is 45.8 Å². The van der Waals surface area contributed by atoms with Crippen molar-refractivity contribution in [3.63, 3.8) is 0 Å². The number of aromatic amines is 1. The van der Waals surface area contributed by atoms with Gasteiger partial charge in [-0.15, -0.1) is 17.9 Å². The highest BCUT2D eigenvalue weighted by Crippen LogP contribution is 2.34. The van der Waals surface area contributed by atoms with Gasteiger partial charge >= 0.3 is 0 Å². The molecular weight excluding hydrogens is 362 g/mol. The number of thiophene rings is 1. The minimum atomic E-state index is -0.593. The second-order valence-corrected chi connectivity index (χ2v) is 8.70. The zero-order valence-corrected chi connectivity index (χ0v) is 17.0. The van der Waals surface area contributed by atoms with Crippen LogP contribution in [0, 0.1) is 5.92 Å². The van der Waals surface area contributed by atoms with E-state index < -0.39 is 6.10 Å². The van der Waals surface area contributed by atoms with Crippen molar-refractivity contribution < 1.29 is 9.84 Å². The van der Waals surface area contributed by atoms with Gasteiger partial charge in [-0.1, -0.05) is 19.9 Å². The van der Waals surface area contributed by atoms with E-state index in [1.165, 1.54) is 10.4 Å². The second-order valence-electron chi connectivity index (χ2n) is 7.62. The standard InChI is InChI=1S/C20H29N3O3S/c1-4-8-26-12-14(24)10-23(9-13(2)3)11-17-21-19(25)18-15-6-5-7-16(15)27-20(18)22-17/h4,13-14,24H,1,5-12H2,2-3H3,(H,21,22,25). The van der Waals surface area contributed by atoms with E-state index >= 15 is 0 Å². The van der Waals surface area contributed by atoms with E-state index in [4.69, 9.17) is 9.72 Å². The third-order valence-corrected chi connectivity index (χ3v) is 5.82. The van der Waals surface area contributed by atoms with E-state index in [2.05, 4.69) is 30.3 Å². The molecule has 0 bridgehead atoms. The summed E-state index contributed by atoms with van der Waals surface area (Å²) in [6, 6.07) is 0. The van der Waals surface area contributed by atoms with Gasteiger partial charge in [-0.25, -0.2) is 4.98 Å². The molecule has 2 N–H and O–H groups in total. The number of nitrogens with zero attached hydrogens (tertiary/aromatic N) is 2. The first kappa shape index (κ1) is 20.2. The van der Waals surface area contributed by atoms with Crippen molar-refractivity contribution in [3.05, 3.63) is 39.3 Å². The van der Waals surface area contributed by atoms with Gasteiger partial charge in [0.15, 0.2) is 0 Å². The Balaban J connectivity index is 1.74. The predicted octanol–water partition coefficient (Wildman–Crippen LogP) is 2.49. The third-order valence-electron chi connectivity index (χ3n) is 4.64. The number of rotatable bonds is 10. The first-order valence-electron chi connectivity index (χ1n) is 9.60. The van der Waals surface area contributed by atoms with Crippen molar-refractivity contribution in [2.24, 2.45) is 5.92 Å². The van der Waals surface area contributed by atoms with Gasteiger partial charge in [0.1, 0.15) is 10.7 Å². The molecular formula is C20H29N3O3S. The number of nitrogens with one attached hydrogen (secondary N) is 1. The van der Waals surface area contributed by atoms with Crippen LogP contribution in [0.25, 0.3) is 10.2 Å². The van der Waals surface area contributed by atoms with Gasteiger partial charge in [0.25, 0.3) is 5.56 Å². The Kier molecular flexibility index (Phi) is 6.81. The third kappa shape index (κ3) is 5.04. The Morgan fingerprint density at radius 3 is 2.96 bits per heavy atom. The average Bonchev–Trinajstić information content (AvgIpc) is 3.14. The Labute approximate surface area is 163 Å². The molecule has 1 aliphatic carbocycles. The number of H-pyrrole nitrogens is 1. The largest absolute Gasteiger partial charge is 0.389 e. The molecule has 2 heterocycles. The molecule has 2 aromatic heterocycles. The maximum atomic E-state index is 12.6. The van der Waals surface area contributed by atoms with Gasteiger partial charge < -0.3 is 14.8 Å². The summed E-state index contributed by atoms with van der Waals surface area (Å²) in [5, 5.41) is 11.0. The van der Waals surface area contributed by atoms with Crippen LogP contribution in [0.5, 0.6) is 0 Å². The Morgan fingerprint density at radius 1 is 1.41 bits per heavy atom. The maximum Gasteiger partial charge on any atom is 0.259 e. The summed E-state index contributed by atoms with van der Waals surface area (Å²) in [5.41, 5.74) is 1.16. The normalized spacial score (nSPS) is 15.0. The minimum Gasteiger partial charge on any atom is -0.389 e. The summed E-state index contributed by atoms with van der Waals surface area (Å²) >= 11 is 1.65. The summed E-state index contributed by atoms with van der Waals surface area (Å²) in [7, 11) is 0. The van der Waals surface area contributed by atoms with Crippen LogP contribution in [0.1, 0.15) is 36.5 Å². The van der Waals surface area contributed by atoms with Crippen LogP contribution < -0.4 is 5.56 Å². The molecule has 6 nitrogen and oxygen atoms in total. The van der Waals surface area contributed by atoms with E-state index in [0.717, 1.165) is 36.0 Å². The van der Waals surface area contributed by atoms with Gasteiger partial charge in [0, 0.05) is 18.0 Å². The molecule has 3 rings (SSSR count). The van der Waals surface area contributed by atoms with E-state index in [0.29, 0.717) is 31.4 Å². The molecule has 148 valence electrons. The molecule has 0 aromatic carbocycles. The van der Waals surface area contributed by atoms with Crippen LogP contribution in [0.15, 0.2) is 17.4 Å².